The van der Waals surface area contributed by atoms with Gasteiger partial charge in [-0.15, -0.1) is 30.6 Å². The highest BCUT2D eigenvalue weighted by molar-refractivity contribution is 7.99. The molecule has 0 bridgehead atoms. The zero-order chi connectivity index (χ0) is 39.0. The number of aromatic nitrogens is 12. The minimum atomic E-state index is 0.219. The van der Waals surface area contributed by atoms with Crippen LogP contribution in [0.3, 0.4) is 0 Å². The fourth-order valence-corrected chi connectivity index (χ4v) is 7.45. The molecule has 8 rings (SSSR count). The number of benzene rings is 4. The van der Waals surface area contributed by atoms with Gasteiger partial charge in [0.05, 0.1) is 38.0 Å². The van der Waals surface area contributed by atoms with E-state index in [1.165, 1.54) is 11.1 Å². The Hall–Kier alpha value is -6.26. The molecule has 4 aromatic heterocycles. The SMILES string of the molecule is COc1cccc(-c2cn(-c3cccc([C@H](C)Sc4nncn4C)c3)nn2)c1.COc1cccc(-c2cnn(-c3cccc([C@H](C)Sc4nncn4C)c3)n2)c1. The highest BCUT2D eigenvalue weighted by Gasteiger charge is 2.15. The summed E-state index contributed by atoms with van der Waals surface area (Å²) in [6, 6.07) is 32.1. The van der Waals surface area contributed by atoms with Crippen molar-refractivity contribution < 1.29 is 9.47 Å². The van der Waals surface area contributed by atoms with Gasteiger partial charge in [-0.1, -0.05) is 77.3 Å². The first kappa shape index (κ1) is 38.0. The zero-order valence-corrected chi connectivity index (χ0v) is 33.3. The molecule has 284 valence electrons. The lowest BCUT2D eigenvalue weighted by Crippen LogP contribution is -2.01. The number of rotatable bonds is 12. The van der Waals surface area contributed by atoms with Crippen LogP contribution < -0.4 is 9.47 Å². The molecule has 0 spiro atoms. The molecular weight excluding hydrogens is 745 g/mol. The van der Waals surface area contributed by atoms with Gasteiger partial charge in [-0.2, -0.15) is 9.90 Å². The van der Waals surface area contributed by atoms with Crippen LogP contribution in [0.1, 0.15) is 35.5 Å². The highest BCUT2D eigenvalue weighted by atomic mass is 32.2. The maximum absolute atomic E-state index is 5.29. The average Bonchev–Trinajstić information content (AvgIpc) is 4.08. The first-order valence-corrected chi connectivity index (χ1v) is 19.4. The van der Waals surface area contributed by atoms with Crippen LogP contribution in [0.2, 0.25) is 0 Å². The van der Waals surface area contributed by atoms with Gasteiger partial charge in [-0.25, -0.2) is 4.68 Å². The summed E-state index contributed by atoms with van der Waals surface area (Å²) in [7, 11) is 7.20. The smallest absolute Gasteiger partial charge is 0.191 e. The van der Waals surface area contributed by atoms with E-state index in [-0.39, 0.29) is 10.5 Å². The molecule has 16 heteroatoms. The quantitative estimate of drug-likeness (QED) is 0.111. The molecule has 8 aromatic rings. The number of ether oxygens (including phenoxy) is 2. The highest BCUT2D eigenvalue weighted by Crippen LogP contribution is 2.35. The van der Waals surface area contributed by atoms with Gasteiger partial charge >= 0.3 is 0 Å². The molecule has 0 aliphatic heterocycles. The molecule has 0 fully saturated rings. The molecule has 4 heterocycles. The number of nitrogens with zero attached hydrogens (tertiary/aromatic N) is 12. The monoisotopic (exact) mass is 784 g/mol. The molecule has 14 nitrogen and oxygen atoms in total. The lowest BCUT2D eigenvalue weighted by Gasteiger charge is -2.12. The summed E-state index contributed by atoms with van der Waals surface area (Å²) in [5.41, 5.74) is 7.76. The summed E-state index contributed by atoms with van der Waals surface area (Å²) in [6.07, 6.45) is 7.10. The topological polar surface area (TPSA) is 141 Å². The van der Waals surface area contributed by atoms with Gasteiger partial charge in [0.2, 0.25) is 0 Å². The van der Waals surface area contributed by atoms with Crippen molar-refractivity contribution in [2.75, 3.05) is 14.2 Å². The molecule has 0 aliphatic carbocycles. The van der Waals surface area contributed by atoms with Crippen LogP contribution in [0, 0.1) is 0 Å². The largest absolute Gasteiger partial charge is 0.497 e. The van der Waals surface area contributed by atoms with E-state index < -0.39 is 0 Å². The normalized spacial score (nSPS) is 12.1. The Labute approximate surface area is 332 Å². The summed E-state index contributed by atoms with van der Waals surface area (Å²) < 4.78 is 16.2. The van der Waals surface area contributed by atoms with E-state index in [9.17, 15) is 0 Å². The van der Waals surface area contributed by atoms with Crippen LogP contribution in [0.15, 0.2) is 132 Å². The van der Waals surface area contributed by atoms with Crippen molar-refractivity contribution in [3.63, 3.8) is 0 Å². The van der Waals surface area contributed by atoms with Crippen molar-refractivity contribution in [3.8, 4) is 45.4 Å². The average molecular weight is 785 g/mol. The number of hydrogen-bond donors (Lipinski definition) is 0. The van der Waals surface area contributed by atoms with Crippen LogP contribution in [0.25, 0.3) is 33.9 Å². The van der Waals surface area contributed by atoms with E-state index in [0.29, 0.717) is 0 Å². The van der Waals surface area contributed by atoms with E-state index in [0.717, 1.165) is 55.7 Å². The minimum Gasteiger partial charge on any atom is -0.497 e. The molecule has 0 aliphatic rings. The second-order valence-electron chi connectivity index (χ2n) is 12.7. The van der Waals surface area contributed by atoms with Crippen molar-refractivity contribution in [2.45, 2.75) is 34.7 Å². The molecule has 0 saturated heterocycles. The first-order valence-electron chi connectivity index (χ1n) is 17.6. The number of aryl methyl sites for hydroxylation is 2. The molecule has 2 atom stereocenters. The minimum absolute atomic E-state index is 0.219. The van der Waals surface area contributed by atoms with Crippen LogP contribution >= 0.6 is 23.5 Å². The van der Waals surface area contributed by atoms with E-state index in [1.54, 1.807) is 66.1 Å². The Morgan fingerprint density at radius 3 is 1.70 bits per heavy atom. The van der Waals surface area contributed by atoms with Crippen LogP contribution in [-0.4, -0.2) is 73.7 Å². The third-order valence-electron chi connectivity index (χ3n) is 8.80. The van der Waals surface area contributed by atoms with Crippen LogP contribution in [-0.2, 0) is 14.1 Å². The molecule has 0 radical (unpaired) electrons. The van der Waals surface area contributed by atoms with Crippen molar-refractivity contribution in [3.05, 3.63) is 133 Å². The summed E-state index contributed by atoms with van der Waals surface area (Å²) in [5, 5.41) is 36.1. The van der Waals surface area contributed by atoms with Crippen LogP contribution in [0.5, 0.6) is 11.5 Å². The molecular formula is C40H40N12O2S2. The van der Waals surface area contributed by atoms with E-state index >= 15 is 0 Å². The summed E-state index contributed by atoms with van der Waals surface area (Å²) in [4.78, 5) is 1.65. The van der Waals surface area contributed by atoms with E-state index in [4.69, 9.17) is 9.47 Å². The second-order valence-corrected chi connectivity index (χ2v) is 15.3. The van der Waals surface area contributed by atoms with Gasteiger partial charge in [-0.05, 0) is 73.5 Å². The maximum Gasteiger partial charge on any atom is 0.191 e. The third-order valence-corrected chi connectivity index (χ3v) is 11.2. The standard InChI is InChI=1S/2C20H20N6OS/c1-14(28-20-23-21-13-25(20)2)15-6-4-8-17(10-15)26-12-19(22-24-26)16-7-5-9-18(11-16)27-3;1-14(28-20-23-21-13-25(20)2)15-6-4-8-17(10-15)26-22-12-19(24-26)16-7-5-9-18(11-16)27-3/h2*4-14H,1-3H3/t2*14-/m00/s1. The molecule has 0 N–H and O–H groups in total. The van der Waals surface area contributed by atoms with Crippen molar-refractivity contribution in [1.29, 1.82) is 0 Å². The Morgan fingerprint density at radius 2 is 1.14 bits per heavy atom. The molecule has 56 heavy (non-hydrogen) atoms. The van der Waals surface area contributed by atoms with Crippen molar-refractivity contribution >= 4 is 23.5 Å². The summed E-state index contributed by atoms with van der Waals surface area (Å²) in [5.74, 6) is 1.59. The maximum atomic E-state index is 5.29. The summed E-state index contributed by atoms with van der Waals surface area (Å²) >= 11 is 3.34. The Bertz CT molecular complexity index is 2350. The Balaban J connectivity index is 0.000000172. The fraction of sp³-hybridized carbons (Fsp3) is 0.200. The lowest BCUT2D eigenvalue weighted by atomic mass is 10.1. The Kier molecular flexibility index (Phi) is 11.9. The van der Waals surface area contributed by atoms with Gasteiger partial charge in [-0.3, -0.25) is 0 Å². The Morgan fingerprint density at radius 1 is 0.607 bits per heavy atom. The molecule has 0 amide bonds. The van der Waals surface area contributed by atoms with Crippen molar-refractivity contribution in [2.24, 2.45) is 14.1 Å². The predicted molar refractivity (Wildman–Crippen MR) is 217 cm³/mol. The number of hydrogen-bond acceptors (Lipinski definition) is 12. The van der Waals surface area contributed by atoms with Gasteiger partial charge in [0.25, 0.3) is 0 Å². The number of methoxy groups -OCH3 is 2. The predicted octanol–water partition coefficient (Wildman–Crippen LogP) is 7.85. The molecule has 0 saturated carbocycles. The molecule has 4 aromatic carbocycles. The van der Waals surface area contributed by atoms with Gasteiger partial charge in [0.15, 0.2) is 10.3 Å². The lowest BCUT2D eigenvalue weighted by molar-refractivity contribution is 0.415. The van der Waals surface area contributed by atoms with Gasteiger partial charge in [0.1, 0.15) is 35.5 Å². The first-order chi connectivity index (χ1) is 27.3. The second kappa shape index (κ2) is 17.5. The van der Waals surface area contributed by atoms with Crippen molar-refractivity contribution in [1.82, 2.24) is 59.5 Å². The number of thioether (sulfide) groups is 2. The van der Waals surface area contributed by atoms with E-state index in [1.807, 2.05) is 102 Å². The molecule has 0 unspecified atom stereocenters. The van der Waals surface area contributed by atoms with Gasteiger partial charge < -0.3 is 18.6 Å². The fourth-order valence-electron chi connectivity index (χ4n) is 5.64. The third kappa shape index (κ3) is 8.98. The summed E-state index contributed by atoms with van der Waals surface area (Å²) in [6.45, 7) is 4.30. The van der Waals surface area contributed by atoms with Crippen LogP contribution in [0.4, 0.5) is 0 Å². The van der Waals surface area contributed by atoms with E-state index in [2.05, 4.69) is 79.0 Å². The zero-order valence-electron chi connectivity index (χ0n) is 31.7. The van der Waals surface area contributed by atoms with Gasteiger partial charge in [0, 0.05) is 35.7 Å².